The number of likely N-dealkylation sites (N-methyl/N-ethyl adjacent to an activating group) is 1. The lowest BCUT2D eigenvalue weighted by atomic mass is 9.94. The minimum Gasteiger partial charge on any atom is -0.449 e. The molecule has 0 bridgehead atoms. The average Bonchev–Trinajstić information content (AvgIpc) is 2.54. The molecule has 2 amide bonds. The molecule has 0 aromatic rings. The Hall–Kier alpha value is -1.50. The van der Waals surface area contributed by atoms with Gasteiger partial charge in [0.1, 0.15) is 5.60 Å². The molecule has 0 N–H and O–H groups in total. The summed E-state index contributed by atoms with van der Waals surface area (Å²) < 4.78 is 10.8. The first-order valence-corrected chi connectivity index (χ1v) is 9.33. The predicted octanol–water partition coefficient (Wildman–Crippen LogP) is 2.41. The summed E-state index contributed by atoms with van der Waals surface area (Å²) in [5.41, 5.74) is -0.453. The number of carbonyl (C=O) groups is 2. The Morgan fingerprint density at radius 2 is 1.48 bits per heavy atom. The van der Waals surface area contributed by atoms with Gasteiger partial charge >= 0.3 is 12.2 Å². The van der Waals surface area contributed by atoms with Crippen LogP contribution in [0.4, 0.5) is 9.59 Å². The van der Waals surface area contributed by atoms with Gasteiger partial charge in [-0.05, 0) is 53.0 Å². The summed E-state index contributed by atoms with van der Waals surface area (Å²) in [7, 11) is 2.06. The van der Waals surface area contributed by atoms with Crippen molar-refractivity contribution in [1.82, 2.24) is 14.7 Å². The Labute approximate surface area is 151 Å². The van der Waals surface area contributed by atoms with E-state index >= 15 is 0 Å². The zero-order valence-electron chi connectivity index (χ0n) is 16.1. The number of likely N-dealkylation sites (tertiary alicyclic amines) is 1. The van der Waals surface area contributed by atoms with Gasteiger partial charge in [0, 0.05) is 39.3 Å². The van der Waals surface area contributed by atoms with E-state index in [4.69, 9.17) is 9.47 Å². The molecule has 0 saturated carbocycles. The van der Waals surface area contributed by atoms with Crippen LogP contribution in [0.3, 0.4) is 0 Å². The van der Waals surface area contributed by atoms with Crippen molar-refractivity contribution in [3.63, 3.8) is 0 Å². The molecule has 2 fully saturated rings. The molecule has 2 aliphatic rings. The molecular weight excluding hydrogens is 322 g/mol. The highest BCUT2D eigenvalue weighted by Crippen LogP contribution is 2.22. The quantitative estimate of drug-likeness (QED) is 0.778. The van der Waals surface area contributed by atoms with E-state index in [1.807, 2.05) is 20.8 Å². The van der Waals surface area contributed by atoms with E-state index in [0.717, 1.165) is 45.4 Å². The molecule has 144 valence electrons. The van der Waals surface area contributed by atoms with Crippen LogP contribution >= 0.6 is 0 Å². The van der Waals surface area contributed by atoms with Crippen LogP contribution in [0, 0.1) is 5.92 Å². The van der Waals surface area contributed by atoms with E-state index in [1.54, 1.807) is 9.80 Å². The van der Waals surface area contributed by atoms with Crippen molar-refractivity contribution in [2.24, 2.45) is 5.92 Å². The third-order valence-electron chi connectivity index (χ3n) is 4.78. The minimum atomic E-state index is -0.453. The lowest BCUT2D eigenvalue weighted by molar-refractivity contribution is 0.0171. The number of ether oxygens (including phenoxy) is 2. The second-order valence-electron chi connectivity index (χ2n) is 8.10. The summed E-state index contributed by atoms with van der Waals surface area (Å²) in [6.45, 7) is 10.8. The van der Waals surface area contributed by atoms with Gasteiger partial charge in [0.15, 0.2) is 0 Å². The summed E-state index contributed by atoms with van der Waals surface area (Å²) in [5.74, 6) is 0.499. The van der Waals surface area contributed by atoms with Crippen LogP contribution in [0.5, 0.6) is 0 Å². The summed E-state index contributed by atoms with van der Waals surface area (Å²) >= 11 is 0. The van der Waals surface area contributed by atoms with Crippen molar-refractivity contribution < 1.29 is 19.1 Å². The van der Waals surface area contributed by atoms with E-state index in [2.05, 4.69) is 11.9 Å². The monoisotopic (exact) mass is 355 g/mol. The van der Waals surface area contributed by atoms with Gasteiger partial charge in [0.05, 0.1) is 6.61 Å². The van der Waals surface area contributed by atoms with Crippen LogP contribution in [0.2, 0.25) is 0 Å². The van der Waals surface area contributed by atoms with Crippen LogP contribution < -0.4 is 0 Å². The third-order valence-corrected chi connectivity index (χ3v) is 4.78. The number of hydrogen-bond acceptors (Lipinski definition) is 5. The topological polar surface area (TPSA) is 62.3 Å². The van der Waals surface area contributed by atoms with E-state index in [9.17, 15) is 9.59 Å². The number of nitrogens with zero attached hydrogens (tertiary/aromatic N) is 3. The van der Waals surface area contributed by atoms with Crippen molar-refractivity contribution in [1.29, 1.82) is 0 Å². The maximum atomic E-state index is 12.0. The number of amides is 2. The summed E-state index contributed by atoms with van der Waals surface area (Å²) in [6.07, 6.45) is 2.31. The first-order valence-electron chi connectivity index (χ1n) is 9.33. The van der Waals surface area contributed by atoms with Crippen LogP contribution in [-0.4, -0.2) is 85.4 Å². The largest absolute Gasteiger partial charge is 0.449 e. The van der Waals surface area contributed by atoms with Gasteiger partial charge in [-0.25, -0.2) is 9.59 Å². The molecule has 0 atom stereocenters. The molecule has 7 nitrogen and oxygen atoms in total. The molecule has 2 rings (SSSR count). The Morgan fingerprint density at radius 1 is 0.920 bits per heavy atom. The van der Waals surface area contributed by atoms with E-state index in [-0.39, 0.29) is 12.2 Å². The molecule has 25 heavy (non-hydrogen) atoms. The maximum absolute atomic E-state index is 12.0. The zero-order chi connectivity index (χ0) is 18.4. The molecule has 0 aliphatic carbocycles. The highest BCUT2D eigenvalue weighted by atomic mass is 16.6. The third kappa shape index (κ3) is 6.72. The number of hydrogen-bond donors (Lipinski definition) is 0. The van der Waals surface area contributed by atoms with Crippen molar-refractivity contribution in [3.8, 4) is 0 Å². The standard InChI is InChI=1S/C18H33N3O4/c1-18(2,3)25-17(23)20-8-5-15(6-9-20)7-14-24-16(22)21-12-10-19(4)11-13-21/h15H,5-14H2,1-4H3. The average molecular weight is 355 g/mol. The van der Waals surface area contributed by atoms with Gasteiger partial charge in [-0.3, -0.25) is 0 Å². The number of carbonyl (C=O) groups excluding carboxylic acids is 2. The van der Waals surface area contributed by atoms with Gasteiger partial charge < -0.3 is 24.2 Å². The molecule has 7 heteroatoms. The highest BCUT2D eigenvalue weighted by molar-refractivity contribution is 5.68. The molecule has 0 aromatic heterocycles. The Kier molecular flexibility index (Phi) is 6.93. The lowest BCUT2D eigenvalue weighted by Gasteiger charge is -2.34. The zero-order valence-corrected chi connectivity index (χ0v) is 16.1. The molecule has 0 spiro atoms. The molecule has 2 saturated heterocycles. The second kappa shape index (κ2) is 8.74. The van der Waals surface area contributed by atoms with Gasteiger partial charge in [-0.1, -0.05) is 0 Å². The SMILES string of the molecule is CN1CCN(C(=O)OCCC2CCN(C(=O)OC(C)(C)C)CC2)CC1. The summed E-state index contributed by atoms with van der Waals surface area (Å²) in [4.78, 5) is 29.9. The van der Waals surface area contributed by atoms with Crippen LogP contribution in [0.15, 0.2) is 0 Å². The smallest absolute Gasteiger partial charge is 0.410 e. The molecule has 2 aliphatic heterocycles. The van der Waals surface area contributed by atoms with Crippen LogP contribution in [0.25, 0.3) is 0 Å². The molecule has 0 unspecified atom stereocenters. The second-order valence-corrected chi connectivity index (χ2v) is 8.10. The van der Waals surface area contributed by atoms with Crippen LogP contribution in [0.1, 0.15) is 40.0 Å². The fourth-order valence-electron chi connectivity index (χ4n) is 3.12. The highest BCUT2D eigenvalue weighted by Gasteiger charge is 2.27. The Bertz CT molecular complexity index is 448. The van der Waals surface area contributed by atoms with Gasteiger partial charge in [0.25, 0.3) is 0 Å². The summed E-state index contributed by atoms with van der Waals surface area (Å²) in [5, 5.41) is 0. The summed E-state index contributed by atoms with van der Waals surface area (Å²) in [6, 6.07) is 0. The fraction of sp³-hybridized carbons (Fsp3) is 0.889. The van der Waals surface area contributed by atoms with Crippen molar-refractivity contribution in [3.05, 3.63) is 0 Å². The Morgan fingerprint density at radius 3 is 2.04 bits per heavy atom. The molecular formula is C18H33N3O4. The maximum Gasteiger partial charge on any atom is 0.410 e. The van der Waals surface area contributed by atoms with E-state index in [1.165, 1.54) is 0 Å². The van der Waals surface area contributed by atoms with Crippen molar-refractivity contribution >= 4 is 12.2 Å². The minimum absolute atomic E-state index is 0.195. The predicted molar refractivity (Wildman–Crippen MR) is 95.6 cm³/mol. The normalized spacial score (nSPS) is 20.5. The van der Waals surface area contributed by atoms with Gasteiger partial charge in [0.2, 0.25) is 0 Å². The molecule has 0 aromatic carbocycles. The number of piperidine rings is 1. The number of rotatable bonds is 3. The van der Waals surface area contributed by atoms with E-state index in [0.29, 0.717) is 25.6 Å². The molecule has 2 heterocycles. The first-order chi connectivity index (χ1) is 11.7. The lowest BCUT2D eigenvalue weighted by Crippen LogP contribution is -2.47. The van der Waals surface area contributed by atoms with Gasteiger partial charge in [-0.15, -0.1) is 0 Å². The van der Waals surface area contributed by atoms with Gasteiger partial charge in [-0.2, -0.15) is 0 Å². The van der Waals surface area contributed by atoms with Crippen molar-refractivity contribution in [2.75, 3.05) is 52.9 Å². The molecule has 0 radical (unpaired) electrons. The first kappa shape index (κ1) is 19.8. The number of piperazine rings is 1. The fourth-order valence-corrected chi connectivity index (χ4v) is 3.12. The van der Waals surface area contributed by atoms with Crippen molar-refractivity contribution in [2.45, 2.75) is 45.6 Å². The Balaban J connectivity index is 1.61. The van der Waals surface area contributed by atoms with E-state index < -0.39 is 5.60 Å². The van der Waals surface area contributed by atoms with Crippen LogP contribution in [-0.2, 0) is 9.47 Å².